The van der Waals surface area contributed by atoms with Gasteiger partial charge in [-0.05, 0) is 53.2 Å². The van der Waals surface area contributed by atoms with Crippen LogP contribution in [0.4, 0.5) is 0 Å². The van der Waals surface area contributed by atoms with Crippen molar-refractivity contribution in [3.8, 4) is 0 Å². The third-order valence-electron chi connectivity index (χ3n) is 4.16. The highest BCUT2D eigenvalue weighted by Gasteiger charge is 2.38. The molecule has 2 heteroatoms. The number of likely N-dealkylation sites (N-methyl/N-ethyl adjacent to an activating group) is 1. The summed E-state index contributed by atoms with van der Waals surface area (Å²) >= 11 is 0. The summed E-state index contributed by atoms with van der Waals surface area (Å²) in [5, 5.41) is 0. The first-order chi connectivity index (χ1) is 6.59. The zero-order chi connectivity index (χ0) is 10.2. The maximum atomic E-state index is 2.72. The third kappa shape index (κ3) is 1.96. The lowest BCUT2D eigenvalue weighted by molar-refractivity contribution is 0.166. The van der Waals surface area contributed by atoms with E-state index in [4.69, 9.17) is 0 Å². The molecule has 2 aliphatic heterocycles. The monoisotopic (exact) mass is 196 g/mol. The van der Waals surface area contributed by atoms with Gasteiger partial charge in [0.1, 0.15) is 0 Å². The molecule has 0 radical (unpaired) electrons. The van der Waals surface area contributed by atoms with Crippen LogP contribution in [0.5, 0.6) is 0 Å². The van der Waals surface area contributed by atoms with Crippen LogP contribution in [0.2, 0.25) is 0 Å². The van der Waals surface area contributed by atoms with Crippen molar-refractivity contribution in [1.82, 2.24) is 9.80 Å². The Balaban J connectivity index is 1.93. The minimum atomic E-state index is 0.419. The molecular weight excluding hydrogens is 172 g/mol. The number of rotatable bonds is 1. The molecule has 0 aromatic rings. The number of hydrogen-bond acceptors (Lipinski definition) is 2. The minimum absolute atomic E-state index is 0.419. The summed E-state index contributed by atoms with van der Waals surface area (Å²) in [5.74, 6) is 0. The molecule has 0 bridgehead atoms. The number of hydrogen-bond donors (Lipinski definition) is 0. The fourth-order valence-electron chi connectivity index (χ4n) is 2.89. The van der Waals surface area contributed by atoms with E-state index in [0.29, 0.717) is 5.54 Å². The van der Waals surface area contributed by atoms with Crippen LogP contribution in [-0.2, 0) is 0 Å². The van der Waals surface area contributed by atoms with E-state index in [9.17, 15) is 0 Å². The van der Waals surface area contributed by atoms with E-state index in [1.165, 1.54) is 45.3 Å². The van der Waals surface area contributed by atoms with Gasteiger partial charge in [0.15, 0.2) is 0 Å². The van der Waals surface area contributed by atoms with Gasteiger partial charge in [-0.1, -0.05) is 6.42 Å². The molecule has 2 heterocycles. The Morgan fingerprint density at radius 1 is 1.07 bits per heavy atom. The second-order valence-corrected chi connectivity index (χ2v) is 5.65. The molecule has 0 N–H and O–H groups in total. The van der Waals surface area contributed by atoms with Crippen molar-refractivity contribution in [1.29, 1.82) is 0 Å². The summed E-state index contributed by atoms with van der Waals surface area (Å²) < 4.78 is 0. The Morgan fingerprint density at radius 3 is 2.21 bits per heavy atom. The Kier molecular flexibility index (Phi) is 2.85. The Hall–Kier alpha value is -0.0800. The SMILES string of the molecule is CN1CC(N2CCCCC2)CC1(C)C. The molecule has 2 rings (SSSR count). The van der Waals surface area contributed by atoms with E-state index >= 15 is 0 Å². The highest BCUT2D eigenvalue weighted by molar-refractivity contribution is 4.95. The average molecular weight is 196 g/mol. The Labute approximate surface area is 88.3 Å². The van der Waals surface area contributed by atoms with Gasteiger partial charge in [-0.25, -0.2) is 0 Å². The standard InChI is InChI=1S/C12H24N2/c1-12(2)9-11(10-13(12)3)14-7-5-4-6-8-14/h11H,4-10H2,1-3H3. The molecule has 0 amide bonds. The zero-order valence-electron chi connectivity index (χ0n) is 9.92. The first-order valence-electron chi connectivity index (χ1n) is 6.05. The first kappa shape index (κ1) is 10.4. The van der Waals surface area contributed by atoms with Gasteiger partial charge in [-0.3, -0.25) is 9.80 Å². The van der Waals surface area contributed by atoms with E-state index in [1.54, 1.807) is 0 Å². The summed E-state index contributed by atoms with van der Waals surface area (Å²) in [4.78, 5) is 5.24. The van der Waals surface area contributed by atoms with Crippen molar-refractivity contribution in [3.05, 3.63) is 0 Å². The van der Waals surface area contributed by atoms with Gasteiger partial charge in [0.05, 0.1) is 0 Å². The van der Waals surface area contributed by atoms with Crippen molar-refractivity contribution >= 4 is 0 Å². The molecule has 82 valence electrons. The van der Waals surface area contributed by atoms with Gasteiger partial charge in [0.2, 0.25) is 0 Å². The van der Waals surface area contributed by atoms with Gasteiger partial charge in [0.25, 0.3) is 0 Å². The molecule has 2 aliphatic rings. The van der Waals surface area contributed by atoms with Crippen LogP contribution in [0.3, 0.4) is 0 Å². The lowest BCUT2D eigenvalue weighted by atomic mass is 9.98. The van der Waals surface area contributed by atoms with Crippen molar-refractivity contribution in [2.24, 2.45) is 0 Å². The molecule has 2 saturated heterocycles. The van der Waals surface area contributed by atoms with Crippen LogP contribution in [0.25, 0.3) is 0 Å². The molecule has 1 atom stereocenters. The average Bonchev–Trinajstić information content (AvgIpc) is 2.43. The second kappa shape index (κ2) is 3.82. The van der Waals surface area contributed by atoms with Gasteiger partial charge in [0, 0.05) is 18.1 Å². The Bertz CT molecular complexity index is 194. The summed E-state index contributed by atoms with van der Waals surface area (Å²) in [7, 11) is 2.27. The van der Waals surface area contributed by atoms with Crippen molar-refractivity contribution in [2.45, 2.75) is 51.1 Å². The fraction of sp³-hybridized carbons (Fsp3) is 1.00. The molecule has 0 saturated carbocycles. The lowest BCUT2D eigenvalue weighted by Gasteiger charge is -2.32. The normalized spacial score (nSPS) is 34.9. The van der Waals surface area contributed by atoms with Crippen molar-refractivity contribution in [3.63, 3.8) is 0 Å². The zero-order valence-corrected chi connectivity index (χ0v) is 9.92. The first-order valence-corrected chi connectivity index (χ1v) is 6.05. The van der Waals surface area contributed by atoms with Gasteiger partial charge in [-0.15, -0.1) is 0 Å². The van der Waals surface area contributed by atoms with E-state index in [0.717, 1.165) is 6.04 Å². The predicted octanol–water partition coefficient (Wildman–Crippen LogP) is 1.95. The quantitative estimate of drug-likeness (QED) is 0.632. The van der Waals surface area contributed by atoms with Crippen LogP contribution >= 0.6 is 0 Å². The molecule has 2 nitrogen and oxygen atoms in total. The van der Waals surface area contributed by atoms with Crippen molar-refractivity contribution in [2.75, 3.05) is 26.7 Å². The topological polar surface area (TPSA) is 6.48 Å². The molecule has 0 aromatic carbocycles. The molecule has 0 aromatic heterocycles. The lowest BCUT2D eigenvalue weighted by Crippen LogP contribution is -2.40. The second-order valence-electron chi connectivity index (χ2n) is 5.65. The van der Waals surface area contributed by atoms with Crippen LogP contribution in [-0.4, -0.2) is 48.1 Å². The highest BCUT2D eigenvalue weighted by atomic mass is 15.3. The van der Waals surface area contributed by atoms with E-state index in [2.05, 4.69) is 30.7 Å². The van der Waals surface area contributed by atoms with Crippen LogP contribution < -0.4 is 0 Å². The maximum Gasteiger partial charge on any atom is 0.0240 e. The van der Waals surface area contributed by atoms with Gasteiger partial charge >= 0.3 is 0 Å². The smallest absolute Gasteiger partial charge is 0.0240 e. The minimum Gasteiger partial charge on any atom is -0.300 e. The molecule has 2 fully saturated rings. The van der Waals surface area contributed by atoms with E-state index < -0.39 is 0 Å². The van der Waals surface area contributed by atoms with Crippen molar-refractivity contribution < 1.29 is 0 Å². The maximum absolute atomic E-state index is 2.72. The summed E-state index contributed by atoms with van der Waals surface area (Å²) in [6.07, 6.45) is 5.63. The number of piperidine rings is 1. The van der Waals surface area contributed by atoms with Gasteiger partial charge in [-0.2, -0.15) is 0 Å². The van der Waals surface area contributed by atoms with Crippen LogP contribution in [0, 0.1) is 0 Å². The molecule has 0 aliphatic carbocycles. The van der Waals surface area contributed by atoms with E-state index in [-0.39, 0.29) is 0 Å². The van der Waals surface area contributed by atoms with Crippen LogP contribution in [0.1, 0.15) is 39.5 Å². The largest absolute Gasteiger partial charge is 0.300 e. The van der Waals surface area contributed by atoms with Crippen LogP contribution in [0.15, 0.2) is 0 Å². The summed E-state index contributed by atoms with van der Waals surface area (Å²) in [6, 6.07) is 0.829. The number of nitrogens with zero attached hydrogens (tertiary/aromatic N) is 2. The molecular formula is C12H24N2. The number of likely N-dealkylation sites (tertiary alicyclic amines) is 2. The molecule has 0 spiro atoms. The molecule has 1 unspecified atom stereocenters. The van der Waals surface area contributed by atoms with E-state index in [1.807, 2.05) is 0 Å². The third-order valence-corrected chi connectivity index (χ3v) is 4.16. The molecule has 14 heavy (non-hydrogen) atoms. The highest BCUT2D eigenvalue weighted by Crippen LogP contribution is 2.30. The fourth-order valence-corrected chi connectivity index (χ4v) is 2.89. The predicted molar refractivity (Wildman–Crippen MR) is 60.5 cm³/mol. The summed E-state index contributed by atoms with van der Waals surface area (Å²) in [5.41, 5.74) is 0.419. The Morgan fingerprint density at radius 2 is 1.71 bits per heavy atom. The summed E-state index contributed by atoms with van der Waals surface area (Å²) in [6.45, 7) is 8.70. The van der Waals surface area contributed by atoms with Gasteiger partial charge < -0.3 is 0 Å².